The van der Waals surface area contributed by atoms with Crippen molar-refractivity contribution in [3.8, 4) is 0 Å². The molecule has 0 radical (unpaired) electrons. The van der Waals surface area contributed by atoms with Crippen molar-refractivity contribution in [3.63, 3.8) is 0 Å². The van der Waals surface area contributed by atoms with Gasteiger partial charge in [-0.2, -0.15) is 4.79 Å². The number of hydrogen-bond acceptors (Lipinski definition) is 1. The zero-order valence-corrected chi connectivity index (χ0v) is 9.87. The van der Waals surface area contributed by atoms with Crippen LogP contribution in [0.4, 0.5) is 0 Å². The van der Waals surface area contributed by atoms with E-state index in [1.165, 1.54) is 5.56 Å². The van der Waals surface area contributed by atoms with Crippen LogP contribution >= 0.6 is 0 Å². The molecule has 0 fully saturated rings. The van der Waals surface area contributed by atoms with Crippen LogP contribution in [0.1, 0.15) is 12.0 Å². The zero-order valence-electron chi connectivity index (χ0n) is 9.87. The van der Waals surface area contributed by atoms with Gasteiger partial charge in [-0.3, -0.25) is 0 Å². The summed E-state index contributed by atoms with van der Waals surface area (Å²) >= 11 is 0. The van der Waals surface area contributed by atoms with Gasteiger partial charge in [0.2, 0.25) is 0 Å². The molecule has 0 bridgehead atoms. The molecule has 0 N–H and O–H groups in total. The van der Waals surface area contributed by atoms with E-state index in [0.717, 1.165) is 12.2 Å². The van der Waals surface area contributed by atoms with Crippen LogP contribution in [0.3, 0.4) is 0 Å². The van der Waals surface area contributed by atoms with E-state index in [9.17, 15) is 0 Å². The average Bonchev–Trinajstić information content (AvgIpc) is 2.40. The minimum Gasteiger partial charge on any atom is -0.364 e. The molecule has 2 rings (SSSR count). The monoisotopic (exact) mass is 225 g/mol. The van der Waals surface area contributed by atoms with E-state index in [1.54, 1.807) is 0 Å². The Morgan fingerprint density at radius 3 is 2.76 bits per heavy atom. The second kappa shape index (κ2) is 5.28. The van der Waals surface area contributed by atoms with Crippen LogP contribution in [-0.4, -0.2) is 22.4 Å². The summed E-state index contributed by atoms with van der Waals surface area (Å²) in [7, 11) is 2.00. The SMILES string of the molecule is CN(Cc1ccccc1)C1=CC=CCC1=[N+]=[N-]. The maximum atomic E-state index is 8.96. The van der Waals surface area contributed by atoms with E-state index < -0.39 is 0 Å². The molecule has 0 saturated carbocycles. The van der Waals surface area contributed by atoms with Crippen molar-refractivity contribution in [3.05, 3.63) is 65.4 Å². The standard InChI is InChI=1S/C14H15N3/c1-17(11-12-7-3-2-4-8-12)14-10-6-5-9-13(14)16-15/h2-8,10H,9,11H2,1H3. The lowest BCUT2D eigenvalue weighted by atomic mass is 10.1. The fraction of sp³-hybridized carbons (Fsp3) is 0.214. The summed E-state index contributed by atoms with van der Waals surface area (Å²) in [5.74, 6) is 0. The highest BCUT2D eigenvalue weighted by molar-refractivity contribution is 5.97. The molecule has 1 aliphatic rings. The van der Waals surface area contributed by atoms with Crippen LogP contribution in [0.5, 0.6) is 0 Å². The molecule has 0 aromatic heterocycles. The molecule has 86 valence electrons. The Kier molecular flexibility index (Phi) is 3.53. The van der Waals surface area contributed by atoms with Gasteiger partial charge in [-0.15, -0.1) is 0 Å². The quantitative estimate of drug-likeness (QED) is 0.575. The molecule has 3 nitrogen and oxygen atoms in total. The van der Waals surface area contributed by atoms with Crippen LogP contribution < -0.4 is 0 Å². The van der Waals surface area contributed by atoms with Crippen molar-refractivity contribution in [2.24, 2.45) is 0 Å². The molecular formula is C14H15N3. The molecule has 0 heterocycles. The Bertz CT molecular complexity index is 493. The summed E-state index contributed by atoms with van der Waals surface area (Å²) in [4.78, 5) is 5.44. The van der Waals surface area contributed by atoms with E-state index in [1.807, 2.05) is 43.5 Å². The van der Waals surface area contributed by atoms with Gasteiger partial charge in [-0.1, -0.05) is 42.5 Å². The summed E-state index contributed by atoms with van der Waals surface area (Å²) in [6, 6.07) is 10.2. The third-order valence-corrected chi connectivity index (χ3v) is 2.79. The minimum absolute atomic E-state index is 0.682. The highest BCUT2D eigenvalue weighted by atomic mass is 15.1. The maximum absolute atomic E-state index is 8.96. The smallest absolute Gasteiger partial charge is 0.318 e. The Labute approximate surface area is 101 Å². The van der Waals surface area contributed by atoms with Crippen molar-refractivity contribution in [1.82, 2.24) is 4.90 Å². The van der Waals surface area contributed by atoms with Crippen molar-refractivity contribution >= 4 is 5.71 Å². The third-order valence-electron chi connectivity index (χ3n) is 2.79. The predicted octanol–water partition coefficient (Wildman–Crippen LogP) is 2.63. The van der Waals surface area contributed by atoms with Crippen LogP contribution in [0.2, 0.25) is 0 Å². The van der Waals surface area contributed by atoms with Crippen molar-refractivity contribution in [2.75, 3.05) is 7.05 Å². The summed E-state index contributed by atoms with van der Waals surface area (Å²) in [5, 5.41) is 0. The Balaban J connectivity index is 2.15. The molecule has 0 amide bonds. The molecule has 1 aromatic carbocycles. The topological polar surface area (TPSA) is 39.6 Å². The fourth-order valence-corrected chi connectivity index (χ4v) is 1.92. The van der Waals surface area contributed by atoms with E-state index in [-0.39, 0.29) is 0 Å². The second-order valence-electron chi connectivity index (χ2n) is 4.07. The van der Waals surface area contributed by atoms with Gasteiger partial charge in [0, 0.05) is 13.6 Å². The first-order chi connectivity index (χ1) is 8.31. The van der Waals surface area contributed by atoms with Gasteiger partial charge in [0.1, 0.15) is 5.70 Å². The summed E-state index contributed by atoms with van der Waals surface area (Å²) in [6.45, 7) is 0.805. The van der Waals surface area contributed by atoms with E-state index in [4.69, 9.17) is 5.53 Å². The molecule has 3 heteroatoms. The van der Waals surface area contributed by atoms with Crippen molar-refractivity contribution in [2.45, 2.75) is 13.0 Å². The minimum atomic E-state index is 0.682. The maximum Gasteiger partial charge on any atom is 0.318 e. The van der Waals surface area contributed by atoms with Gasteiger partial charge in [-0.05, 0) is 11.6 Å². The number of benzene rings is 1. The number of rotatable bonds is 3. The lowest BCUT2D eigenvalue weighted by molar-refractivity contribution is -0.00856. The second-order valence-corrected chi connectivity index (χ2v) is 4.07. The molecule has 17 heavy (non-hydrogen) atoms. The lowest BCUT2D eigenvalue weighted by Gasteiger charge is -2.20. The van der Waals surface area contributed by atoms with Crippen LogP contribution in [-0.2, 0) is 6.54 Å². The summed E-state index contributed by atoms with van der Waals surface area (Å²) < 4.78 is 0. The molecule has 0 unspecified atom stereocenters. The van der Waals surface area contributed by atoms with Gasteiger partial charge in [0.15, 0.2) is 0 Å². The van der Waals surface area contributed by atoms with Crippen LogP contribution in [0.15, 0.2) is 54.3 Å². The molecule has 1 aliphatic carbocycles. The third kappa shape index (κ3) is 2.71. The molecule has 1 aromatic rings. The number of nitrogens with zero attached hydrogens (tertiary/aromatic N) is 3. The lowest BCUT2D eigenvalue weighted by Crippen LogP contribution is -2.24. The van der Waals surface area contributed by atoms with Gasteiger partial charge < -0.3 is 10.4 Å². The number of allylic oxidation sites excluding steroid dienone is 4. The van der Waals surface area contributed by atoms with Gasteiger partial charge >= 0.3 is 5.71 Å². The first-order valence-corrected chi connectivity index (χ1v) is 5.64. The molecular weight excluding hydrogens is 210 g/mol. The van der Waals surface area contributed by atoms with E-state index in [2.05, 4.69) is 21.8 Å². The van der Waals surface area contributed by atoms with Crippen molar-refractivity contribution < 1.29 is 4.79 Å². The van der Waals surface area contributed by atoms with Crippen LogP contribution in [0, 0.1) is 0 Å². The van der Waals surface area contributed by atoms with Gasteiger partial charge in [0.25, 0.3) is 0 Å². The average molecular weight is 225 g/mol. The van der Waals surface area contributed by atoms with Gasteiger partial charge in [0.05, 0.1) is 6.42 Å². The normalized spacial score (nSPS) is 14.2. The zero-order chi connectivity index (χ0) is 12.1. The predicted molar refractivity (Wildman–Crippen MR) is 68.4 cm³/mol. The Morgan fingerprint density at radius 1 is 1.29 bits per heavy atom. The van der Waals surface area contributed by atoms with Crippen LogP contribution in [0.25, 0.3) is 5.53 Å². The Hall–Kier alpha value is -2.12. The summed E-state index contributed by atoms with van der Waals surface area (Å²) in [5.41, 5.74) is 11.9. The van der Waals surface area contributed by atoms with Crippen molar-refractivity contribution in [1.29, 1.82) is 0 Å². The largest absolute Gasteiger partial charge is 0.364 e. The van der Waals surface area contributed by atoms with E-state index >= 15 is 0 Å². The highest BCUT2D eigenvalue weighted by Gasteiger charge is 2.19. The first-order valence-electron chi connectivity index (χ1n) is 5.64. The molecule has 0 atom stereocenters. The fourth-order valence-electron chi connectivity index (χ4n) is 1.92. The van der Waals surface area contributed by atoms with E-state index in [0.29, 0.717) is 12.1 Å². The highest BCUT2D eigenvalue weighted by Crippen LogP contribution is 2.14. The Morgan fingerprint density at radius 2 is 2.06 bits per heavy atom. The van der Waals surface area contributed by atoms with Gasteiger partial charge in [-0.25, -0.2) is 0 Å². The molecule has 0 aliphatic heterocycles. The number of hydrogen-bond donors (Lipinski definition) is 0. The molecule has 0 saturated heterocycles. The molecule has 0 spiro atoms. The summed E-state index contributed by atoms with van der Waals surface area (Å²) in [6.07, 6.45) is 6.63. The first kappa shape index (κ1) is 11.4.